The number of aromatic carboxylic acids is 1. The zero-order chi connectivity index (χ0) is 37.2. The molecular weight excluding hydrogens is 724 g/mol. The number of halogens is 3. The standard InChI is InChI=1S/C40H40Cl2FN3O7/c1-51-36-11-9-27(17-37(36)52-23-24-6-7-24)29(18-31-32(41)20-45(50)21-33(31)42)30-16-25(8-10-28(30)39(47)48)19-46(35-5-3-2-4-34(35)43)40(49)53-38-22-44-14-12-26(38)13-15-44/h2-5,8-11,16-17,20-21,24,26,29,38H,6-7,12-15,18-19,22-23H2,1H3,(H-,47,48,50)/p+1/t29-,38+/m1/s1. The Balaban J connectivity index is 1.29. The molecule has 3 saturated heterocycles. The summed E-state index contributed by atoms with van der Waals surface area (Å²) in [5.74, 6) is -0.675. The summed E-state index contributed by atoms with van der Waals surface area (Å²) < 4.78 is 34.0. The molecule has 4 heterocycles. The second kappa shape index (κ2) is 15.8. The van der Waals surface area contributed by atoms with E-state index in [-0.39, 0.29) is 46.3 Å². The van der Waals surface area contributed by atoms with E-state index in [4.69, 9.17) is 37.4 Å². The number of piperidine rings is 3. The summed E-state index contributed by atoms with van der Waals surface area (Å²) in [4.78, 5) is 30.4. The predicted molar refractivity (Wildman–Crippen MR) is 196 cm³/mol. The van der Waals surface area contributed by atoms with Gasteiger partial charge in [0.1, 0.15) is 22.0 Å². The summed E-state index contributed by atoms with van der Waals surface area (Å²) in [6.07, 6.45) is 5.81. The zero-order valence-corrected chi connectivity index (χ0v) is 30.7. The number of carbonyl (C=O) groups is 2. The van der Waals surface area contributed by atoms with Crippen molar-refractivity contribution in [3.63, 3.8) is 0 Å². The predicted octanol–water partition coefficient (Wildman–Crippen LogP) is 7.76. The molecule has 3 aliphatic heterocycles. The number of pyridine rings is 1. The molecule has 0 radical (unpaired) electrons. The summed E-state index contributed by atoms with van der Waals surface area (Å²) in [6, 6.07) is 16.3. The molecule has 1 aromatic heterocycles. The van der Waals surface area contributed by atoms with Crippen LogP contribution in [0.3, 0.4) is 0 Å². The molecule has 8 rings (SSSR count). The first-order valence-corrected chi connectivity index (χ1v) is 18.5. The van der Waals surface area contributed by atoms with E-state index in [0.717, 1.165) is 43.5 Å². The number of carboxylic acid groups (broad SMARTS) is 1. The Morgan fingerprint density at radius 1 is 1.00 bits per heavy atom. The maximum Gasteiger partial charge on any atom is 0.415 e. The van der Waals surface area contributed by atoms with Gasteiger partial charge in [0, 0.05) is 22.8 Å². The maximum absolute atomic E-state index is 15.4. The van der Waals surface area contributed by atoms with Crippen LogP contribution in [0.4, 0.5) is 14.9 Å². The van der Waals surface area contributed by atoms with Crippen molar-refractivity contribution in [2.45, 2.75) is 50.7 Å². The van der Waals surface area contributed by atoms with E-state index in [1.807, 2.05) is 12.1 Å². The monoisotopic (exact) mass is 764 g/mol. The van der Waals surface area contributed by atoms with Crippen LogP contribution < -0.4 is 19.1 Å². The highest BCUT2D eigenvalue weighted by molar-refractivity contribution is 6.35. The minimum Gasteiger partial charge on any atom is -0.493 e. The highest BCUT2D eigenvalue weighted by Crippen LogP contribution is 2.41. The van der Waals surface area contributed by atoms with Gasteiger partial charge in [0.2, 0.25) is 12.4 Å². The molecule has 1 amide bonds. The quantitative estimate of drug-likeness (QED) is 0.105. The summed E-state index contributed by atoms with van der Waals surface area (Å²) in [5.41, 5.74) is 2.18. The van der Waals surface area contributed by atoms with Gasteiger partial charge in [-0.3, -0.25) is 15.0 Å². The lowest BCUT2D eigenvalue weighted by Crippen LogP contribution is -2.53. The first-order valence-electron chi connectivity index (χ1n) is 17.8. The number of amides is 1. The molecule has 53 heavy (non-hydrogen) atoms. The Bertz CT molecular complexity index is 1980. The van der Waals surface area contributed by atoms with Crippen molar-refractivity contribution in [1.82, 2.24) is 4.90 Å². The summed E-state index contributed by atoms with van der Waals surface area (Å²) in [5, 5.41) is 20.9. The van der Waals surface area contributed by atoms with E-state index in [1.54, 1.807) is 37.4 Å². The van der Waals surface area contributed by atoms with Gasteiger partial charge in [-0.1, -0.05) is 53.5 Å². The Morgan fingerprint density at radius 2 is 1.74 bits per heavy atom. The third-order valence-electron chi connectivity index (χ3n) is 10.5. The Labute approximate surface area is 317 Å². The van der Waals surface area contributed by atoms with Gasteiger partial charge in [-0.25, -0.2) is 14.0 Å². The average molecular weight is 766 g/mol. The van der Waals surface area contributed by atoms with Crippen LogP contribution in [-0.2, 0) is 17.7 Å². The smallest absolute Gasteiger partial charge is 0.415 e. The Hall–Kier alpha value is -4.58. The fourth-order valence-electron chi connectivity index (χ4n) is 7.39. The van der Waals surface area contributed by atoms with Crippen molar-refractivity contribution in [2.24, 2.45) is 11.8 Å². The molecule has 2 N–H and O–H groups in total. The topological polar surface area (TPSA) is 113 Å². The molecule has 4 aliphatic rings. The average Bonchev–Trinajstić information content (AvgIpc) is 3.98. The van der Waals surface area contributed by atoms with Gasteiger partial charge < -0.3 is 19.3 Å². The van der Waals surface area contributed by atoms with E-state index >= 15 is 4.39 Å². The van der Waals surface area contributed by atoms with Crippen LogP contribution in [-0.4, -0.2) is 66.7 Å². The van der Waals surface area contributed by atoms with Crippen LogP contribution in [0.25, 0.3) is 0 Å². The molecule has 1 saturated carbocycles. The molecule has 4 aromatic rings. The third kappa shape index (κ3) is 8.32. The maximum atomic E-state index is 15.4. The fraction of sp³-hybridized carbons (Fsp3) is 0.375. The normalized spacial score (nSPS) is 19.7. The molecule has 278 valence electrons. The first kappa shape index (κ1) is 36.8. The van der Waals surface area contributed by atoms with Gasteiger partial charge in [-0.2, -0.15) is 0 Å². The lowest BCUT2D eigenvalue weighted by atomic mass is 9.82. The lowest BCUT2D eigenvalue weighted by Gasteiger charge is -2.44. The second-order valence-electron chi connectivity index (χ2n) is 14.1. The van der Waals surface area contributed by atoms with Crippen molar-refractivity contribution in [1.29, 1.82) is 0 Å². The highest BCUT2D eigenvalue weighted by Gasteiger charge is 2.38. The number of para-hydroxylation sites is 1. The molecule has 3 aromatic carbocycles. The van der Waals surface area contributed by atoms with Gasteiger partial charge in [0.05, 0.1) is 31.5 Å². The van der Waals surface area contributed by atoms with E-state index in [2.05, 4.69) is 4.90 Å². The second-order valence-corrected chi connectivity index (χ2v) is 14.9. The Kier molecular flexibility index (Phi) is 11.0. The van der Waals surface area contributed by atoms with Gasteiger partial charge in [0.15, 0.2) is 11.5 Å². The van der Waals surface area contributed by atoms with Gasteiger partial charge in [-0.05, 0) is 104 Å². The summed E-state index contributed by atoms with van der Waals surface area (Å²) in [6.45, 7) is 3.00. The largest absolute Gasteiger partial charge is 0.493 e. The number of hydrogen-bond acceptors (Lipinski definition) is 7. The lowest BCUT2D eigenvalue weighted by molar-refractivity contribution is -0.904. The molecule has 2 atom stereocenters. The molecular formula is C40H41Cl2FN3O7+. The van der Waals surface area contributed by atoms with Crippen LogP contribution in [0.15, 0.2) is 73.1 Å². The minimum absolute atomic E-state index is 0.0164. The molecule has 13 heteroatoms. The first-order chi connectivity index (χ1) is 25.6. The van der Waals surface area contributed by atoms with Crippen molar-refractivity contribution >= 4 is 41.0 Å². The zero-order valence-electron chi connectivity index (χ0n) is 29.2. The van der Waals surface area contributed by atoms with Crippen LogP contribution in [0.5, 0.6) is 11.5 Å². The van der Waals surface area contributed by atoms with Gasteiger partial charge >= 0.3 is 12.1 Å². The number of fused-ring (bicyclic) bond motifs is 3. The number of carbonyl (C=O) groups excluding carboxylic acids is 1. The number of benzene rings is 3. The number of rotatable bonds is 13. The van der Waals surface area contributed by atoms with Crippen LogP contribution in [0.2, 0.25) is 10.0 Å². The van der Waals surface area contributed by atoms with E-state index in [0.29, 0.717) is 52.8 Å². The number of nitrogens with zero attached hydrogens (tertiary/aromatic N) is 3. The Morgan fingerprint density at radius 3 is 2.38 bits per heavy atom. The fourth-order valence-corrected chi connectivity index (χ4v) is 8.00. The number of methoxy groups -OCH3 is 1. The van der Waals surface area contributed by atoms with E-state index < -0.39 is 23.8 Å². The van der Waals surface area contributed by atoms with Crippen LogP contribution >= 0.6 is 23.2 Å². The summed E-state index contributed by atoms with van der Waals surface area (Å²) >= 11 is 13.2. The van der Waals surface area contributed by atoms with Crippen LogP contribution in [0.1, 0.15) is 64.2 Å². The molecule has 4 fully saturated rings. The van der Waals surface area contributed by atoms with Crippen molar-refractivity contribution < 1.29 is 43.2 Å². The molecule has 10 nitrogen and oxygen atoms in total. The molecule has 1 aliphatic carbocycles. The molecule has 0 unspecified atom stereocenters. The number of ether oxygens (including phenoxy) is 3. The number of aromatic nitrogens is 1. The van der Waals surface area contributed by atoms with Crippen molar-refractivity contribution in [3.8, 4) is 11.5 Å². The minimum atomic E-state index is -1.17. The third-order valence-corrected chi connectivity index (χ3v) is 11.2. The van der Waals surface area contributed by atoms with Crippen molar-refractivity contribution in [2.75, 3.05) is 38.3 Å². The van der Waals surface area contributed by atoms with Crippen molar-refractivity contribution in [3.05, 3.63) is 117 Å². The summed E-state index contributed by atoms with van der Waals surface area (Å²) in [7, 11) is 1.55. The van der Waals surface area contributed by atoms with Gasteiger partial charge in [0.25, 0.3) is 0 Å². The van der Waals surface area contributed by atoms with E-state index in [9.17, 15) is 19.9 Å². The van der Waals surface area contributed by atoms with Gasteiger partial charge in [-0.15, -0.1) is 0 Å². The van der Waals surface area contributed by atoms with Crippen LogP contribution in [0, 0.1) is 17.7 Å². The number of anilines is 1. The van der Waals surface area contributed by atoms with E-state index in [1.165, 1.54) is 35.5 Å². The molecule has 2 bridgehead atoms. The highest BCUT2D eigenvalue weighted by atomic mass is 35.5. The number of hydrogen-bond donors (Lipinski definition) is 2. The SMILES string of the molecule is COc1ccc([C@@H](Cc2c(Cl)c[n+](O)cc2Cl)c2cc(CN(C(=O)O[C@H]3CN4CCC3CC4)c3ccccc3F)ccc2C(=O)O)cc1OCC1CC1. The number of carboxylic acids is 1. The molecule has 0 spiro atoms.